The van der Waals surface area contributed by atoms with E-state index >= 15 is 0 Å². The van der Waals surface area contributed by atoms with E-state index in [0.717, 1.165) is 0 Å². The van der Waals surface area contributed by atoms with Crippen molar-refractivity contribution in [1.29, 1.82) is 5.26 Å². The molecule has 0 atom stereocenters. The summed E-state index contributed by atoms with van der Waals surface area (Å²) in [6.45, 7) is 3.50. The van der Waals surface area contributed by atoms with Crippen molar-refractivity contribution in [2.75, 3.05) is 0 Å². The van der Waals surface area contributed by atoms with Gasteiger partial charge in [-0.25, -0.2) is 5.26 Å². The molecule has 23 valence electrons. The van der Waals surface area contributed by atoms with Crippen LogP contribution in [-0.4, -0.2) is 0 Å². The predicted octanol–water partition coefficient (Wildman–Crippen LogP) is -2.75. The van der Waals surface area contributed by atoms with Gasteiger partial charge in [-0.2, -0.15) is 0 Å². The maximum Gasteiger partial charge on any atom is 1.00 e. The van der Waals surface area contributed by atoms with Gasteiger partial charge in [0.05, 0.1) is 0 Å². The van der Waals surface area contributed by atoms with Gasteiger partial charge in [-0.05, 0) is 0 Å². The van der Waals surface area contributed by atoms with Crippen LogP contribution in [0.2, 0.25) is 0 Å². The molecule has 0 saturated heterocycles. The third-order valence-electron chi connectivity index (χ3n) is 0. The van der Waals surface area contributed by atoms with E-state index < -0.39 is 0 Å². The molecule has 0 bridgehead atoms. The summed E-state index contributed by atoms with van der Waals surface area (Å²) in [5, 5.41) is 6.50. The zero-order chi connectivity index (χ0) is 2.00. The maximum atomic E-state index is 6.50. The Hall–Kier alpha value is 1.01. The van der Waals surface area contributed by atoms with Crippen LogP contribution >= 0.6 is 0 Å². The largest absolute Gasteiger partial charge is 1.00 e. The van der Waals surface area contributed by atoms with Gasteiger partial charge >= 0.3 is 29.6 Å². The Kier molecular flexibility index (Phi) is 178. The minimum absolute atomic E-state index is 0. The number of rotatable bonds is 0. The number of nitrogens with zero attached hydrogens (tertiary/aromatic N) is 1. The first-order chi connectivity index (χ1) is 1.00. The molecule has 1 nitrogen and oxygen atoms in total. The Morgan fingerprint density at radius 2 is 1.50 bits per heavy atom. The first kappa shape index (κ1) is 19.9. The predicted molar refractivity (Wildman–Crippen MR) is 7.78 cm³/mol. The van der Waals surface area contributed by atoms with Crippen LogP contribution in [0.5, 0.6) is 0 Å². The van der Waals surface area contributed by atoms with E-state index in [-0.39, 0.29) is 48.1 Å². The molecule has 4 heavy (non-hydrogen) atoms. The standard InChI is InChI=1S/CHN.Cu.Na.H/c1-2;;;/h1H;;;/q;;+1;-1. The average Bonchev–Trinajstić information content (AvgIpc) is 1.00. The third-order valence-corrected chi connectivity index (χ3v) is 0. The van der Waals surface area contributed by atoms with Crippen molar-refractivity contribution in [1.82, 2.24) is 0 Å². The van der Waals surface area contributed by atoms with E-state index in [2.05, 4.69) is 6.57 Å². The number of hydrogen-bond acceptors (Lipinski definition) is 1. The quantitative estimate of drug-likeness (QED) is 0.314. The van der Waals surface area contributed by atoms with Crippen molar-refractivity contribution in [2.45, 2.75) is 0 Å². The summed E-state index contributed by atoms with van der Waals surface area (Å²) >= 11 is 0. The Labute approximate surface area is 59.6 Å². The Balaban J connectivity index is -0.00000000167. The van der Waals surface area contributed by atoms with E-state index in [0.29, 0.717) is 0 Å². The van der Waals surface area contributed by atoms with Crippen LogP contribution in [0, 0.1) is 11.8 Å². The second-order valence-corrected chi connectivity index (χ2v) is 0. The van der Waals surface area contributed by atoms with Crippen molar-refractivity contribution in [3.63, 3.8) is 0 Å². The molecule has 0 aromatic carbocycles. The van der Waals surface area contributed by atoms with Crippen LogP contribution in [0.1, 0.15) is 1.43 Å². The third kappa shape index (κ3) is 11.9. The fourth-order valence-corrected chi connectivity index (χ4v) is 0. The van der Waals surface area contributed by atoms with Gasteiger partial charge in [0.1, 0.15) is 0 Å². The summed E-state index contributed by atoms with van der Waals surface area (Å²) in [5.41, 5.74) is 0. The van der Waals surface area contributed by atoms with Gasteiger partial charge < -0.3 is 1.43 Å². The summed E-state index contributed by atoms with van der Waals surface area (Å²) in [6, 6.07) is 0. The zero-order valence-electron chi connectivity index (χ0n) is 3.33. The minimum atomic E-state index is 0. The molecule has 0 fully saturated rings. The number of nitriles is 1. The van der Waals surface area contributed by atoms with E-state index in [4.69, 9.17) is 5.26 Å². The molecular weight excluding hydrogens is 113 g/mol. The van der Waals surface area contributed by atoms with E-state index in [1.807, 2.05) is 0 Å². The van der Waals surface area contributed by atoms with E-state index in [1.54, 1.807) is 0 Å². The molecule has 0 amide bonds. The summed E-state index contributed by atoms with van der Waals surface area (Å²) in [6.07, 6.45) is 0. The molecule has 0 spiro atoms. The maximum absolute atomic E-state index is 6.50. The Morgan fingerprint density at radius 1 is 1.50 bits per heavy atom. The van der Waals surface area contributed by atoms with Crippen molar-refractivity contribution < 1.29 is 48.1 Å². The average molecular weight is 115 g/mol. The van der Waals surface area contributed by atoms with Gasteiger partial charge in [-0.15, -0.1) is 0 Å². The van der Waals surface area contributed by atoms with Crippen LogP contribution < -0.4 is 29.6 Å². The summed E-state index contributed by atoms with van der Waals surface area (Å²) in [4.78, 5) is 0. The Bertz CT molecular complexity index is 16.4. The molecule has 1 radical (unpaired) electrons. The molecule has 0 aliphatic rings. The topological polar surface area (TPSA) is 23.8 Å². The second-order valence-electron chi connectivity index (χ2n) is 0. The normalized spacial score (nSPS) is 0.500. The Morgan fingerprint density at radius 3 is 1.50 bits per heavy atom. The molecule has 0 unspecified atom stereocenters. The van der Waals surface area contributed by atoms with Gasteiger partial charge in [0.25, 0.3) is 0 Å². The fourth-order valence-electron chi connectivity index (χ4n) is 0. The summed E-state index contributed by atoms with van der Waals surface area (Å²) in [5.74, 6) is 0. The van der Waals surface area contributed by atoms with Crippen molar-refractivity contribution in [2.24, 2.45) is 0 Å². The van der Waals surface area contributed by atoms with Crippen LogP contribution in [-0.2, 0) is 17.1 Å². The fraction of sp³-hybridized carbons (Fsp3) is 0. The summed E-state index contributed by atoms with van der Waals surface area (Å²) in [7, 11) is 0. The van der Waals surface area contributed by atoms with Gasteiger partial charge in [0, 0.05) is 23.6 Å². The summed E-state index contributed by atoms with van der Waals surface area (Å²) < 4.78 is 0. The SMILES string of the molecule is C#N.[Cu].[H-].[Na+]. The molecule has 0 aromatic heterocycles. The number of hydrogen-bond donors (Lipinski definition) is 0. The van der Waals surface area contributed by atoms with Crippen molar-refractivity contribution in [3.8, 4) is 6.57 Å². The first-order valence-corrected chi connectivity index (χ1v) is 0.258. The van der Waals surface area contributed by atoms with Gasteiger partial charge in [0.2, 0.25) is 0 Å². The van der Waals surface area contributed by atoms with Crippen LogP contribution in [0.15, 0.2) is 0 Å². The van der Waals surface area contributed by atoms with Gasteiger partial charge in [-0.3, -0.25) is 0 Å². The molecule has 0 saturated carbocycles. The van der Waals surface area contributed by atoms with Gasteiger partial charge in [0.15, 0.2) is 0 Å². The molecule has 3 heteroatoms. The van der Waals surface area contributed by atoms with Crippen molar-refractivity contribution in [3.05, 3.63) is 0 Å². The molecule has 0 aliphatic carbocycles. The van der Waals surface area contributed by atoms with E-state index in [1.165, 1.54) is 0 Å². The van der Waals surface area contributed by atoms with E-state index in [9.17, 15) is 0 Å². The van der Waals surface area contributed by atoms with Crippen molar-refractivity contribution >= 4 is 0 Å². The monoisotopic (exact) mass is 114 g/mol. The molecule has 0 rings (SSSR count). The van der Waals surface area contributed by atoms with Crippen LogP contribution in [0.25, 0.3) is 0 Å². The molecule has 0 heterocycles. The van der Waals surface area contributed by atoms with Gasteiger partial charge in [-0.1, -0.05) is 0 Å². The molecule has 0 N–H and O–H groups in total. The molecule has 0 aliphatic heterocycles. The van der Waals surface area contributed by atoms with Crippen LogP contribution in [0.4, 0.5) is 0 Å². The smallest absolute Gasteiger partial charge is 1.00 e. The molecular formula is CH2CuNNa. The van der Waals surface area contributed by atoms with Crippen LogP contribution in [0.3, 0.4) is 0 Å². The minimum Gasteiger partial charge on any atom is -1.00 e. The first-order valence-electron chi connectivity index (χ1n) is 0.258. The molecule has 0 aromatic rings. The zero-order valence-corrected chi connectivity index (χ0v) is 5.27. The second kappa shape index (κ2) is 35.6.